The number of carbonyl (C=O) groups is 3. The maximum atomic E-state index is 12.8. The third kappa shape index (κ3) is 64.8. The first-order valence-corrected chi connectivity index (χ1v) is 32.1. The van der Waals surface area contributed by atoms with E-state index in [0.29, 0.717) is 12.8 Å². The van der Waals surface area contributed by atoms with Gasteiger partial charge in [-0.25, -0.2) is 0 Å². The Balaban J connectivity index is 4.33. The number of rotatable bonds is 55. The number of unbranched alkanes of at least 4 members (excludes halogenated alkanes) is 10. The van der Waals surface area contributed by atoms with Crippen LogP contribution in [-0.2, 0) is 28.6 Å². The first-order valence-electron chi connectivity index (χ1n) is 32.1. The van der Waals surface area contributed by atoms with E-state index < -0.39 is 6.10 Å². The molecule has 0 aromatic carbocycles. The van der Waals surface area contributed by atoms with Gasteiger partial charge < -0.3 is 14.2 Å². The molecular formula is C76H114O6. The van der Waals surface area contributed by atoms with Gasteiger partial charge in [-0.05, 0) is 148 Å². The van der Waals surface area contributed by atoms with Gasteiger partial charge in [0.2, 0.25) is 0 Å². The predicted octanol–water partition coefficient (Wildman–Crippen LogP) is 22.4. The highest BCUT2D eigenvalue weighted by molar-refractivity contribution is 5.71. The van der Waals surface area contributed by atoms with Crippen LogP contribution in [-0.4, -0.2) is 37.2 Å². The Kier molecular flexibility index (Phi) is 62.5. The molecule has 0 aliphatic carbocycles. The van der Waals surface area contributed by atoms with Gasteiger partial charge in [-0.1, -0.05) is 272 Å². The molecule has 0 heterocycles. The molecule has 0 bridgehead atoms. The van der Waals surface area contributed by atoms with Crippen LogP contribution < -0.4 is 0 Å². The zero-order valence-electron chi connectivity index (χ0n) is 51.9. The van der Waals surface area contributed by atoms with Crippen molar-refractivity contribution in [2.75, 3.05) is 13.2 Å². The van der Waals surface area contributed by atoms with Crippen LogP contribution >= 0.6 is 0 Å². The van der Waals surface area contributed by atoms with E-state index in [1.165, 1.54) is 19.3 Å². The summed E-state index contributed by atoms with van der Waals surface area (Å²) < 4.78 is 16.7. The van der Waals surface area contributed by atoms with E-state index in [0.717, 1.165) is 167 Å². The van der Waals surface area contributed by atoms with Crippen molar-refractivity contribution in [3.05, 3.63) is 207 Å². The van der Waals surface area contributed by atoms with Gasteiger partial charge in [-0.3, -0.25) is 14.4 Å². The smallest absolute Gasteiger partial charge is 0.306 e. The van der Waals surface area contributed by atoms with Crippen molar-refractivity contribution in [2.24, 2.45) is 0 Å². The van der Waals surface area contributed by atoms with E-state index in [4.69, 9.17) is 14.2 Å². The van der Waals surface area contributed by atoms with Crippen LogP contribution in [0.1, 0.15) is 233 Å². The second-order valence-corrected chi connectivity index (χ2v) is 20.2. The highest BCUT2D eigenvalue weighted by Gasteiger charge is 2.19. The van der Waals surface area contributed by atoms with Crippen LogP contribution in [0.4, 0.5) is 0 Å². The Hall–Kier alpha value is -6.01. The van der Waals surface area contributed by atoms with Crippen LogP contribution in [0, 0.1) is 0 Å². The summed E-state index contributed by atoms with van der Waals surface area (Å²) in [5, 5.41) is 0. The van der Waals surface area contributed by atoms with Crippen LogP contribution in [0.25, 0.3) is 0 Å². The van der Waals surface area contributed by atoms with Gasteiger partial charge in [-0.2, -0.15) is 0 Å². The van der Waals surface area contributed by atoms with Crippen LogP contribution in [0.15, 0.2) is 207 Å². The maximum absolute atomic E-state index is 12.8. The number of allylic oxidation sites excluding steroid dienone is 34. The van der Waals surface area contributed by atoms with Crippen molar-refractivity contribution in [2.45, 2.75) is 239 Å². The van der Waals surface area contributed by atoms with Crippen molar-refractivity contribution in [1.29, 1.82) is 0 Å². The first kappa shape index (κ1) is 76.0. The van der Waals surface area contributed by atoms with Gasteiger partial charge in [0.15, 0.2) is 6.10 Å². The molecule has 0 aromatic heterocycles. The zero-order chi connectivity index (χ0) is 59.2. The minimum atomic E-state index is -0.826. The SMILES string of the molecule is CC/C=C\C/C=C\C/C=C\C/C=C\C/C=C\C/C=C\C/C=C\C/C=C\C/C=C\CCCC(=O)OCC(COC(=O)CCCCCCCC)OC(=O)CCCCCC/C=C\C/C=C\C/C=C\C/C=C\C/C=C\C/C=C\C/C=C\C/C=C\CC. The molecule has 454 valence electrons. The summed E-state index contributed by atoms with van der Waals surface area (Å²) in [6.45, 7) is 6.25. The first-order chi connectivity index (χ1) is 40.5. The van der Waals surface area contributed by atoms with Crippen molar-refractivity contribution < 1.29 is 28.6 Å². The van der Waals surface area contributed by atoms with E-state index in [1.807, 2.05) is 0 Å². The quantitative estimate of drug-likeness (QED) is 0.0261. The largest absolute Gasteiger partial charge is 0.462 e. The summed E-state index contributed by atoms with van der Waals surface area (Å²) in [4.78, 5) is 38.0. The summed E-state index contributed by atoms with van der Waals surface area (Å²) in [5.41, 5.74) is 0. The summed E-state index contributed by atoms with van der Waals surface area (Å²) in [5.74, 6) is -1.03. The van der Waals surface area contributed by atoms with Gasteiger partial charge in [0.05, 0.1) is 0 Å². The second-order valence-electron chi connectivity index (χ2n) is 20.2. The van der Waals surface area contributed by atoms with E-state index >= 15 is 0 Å². The predicted molar refractivity (Wildman–Crippen MR) is 357 cm³/mol. The third-order valence-corrected chi connectivity index (χ3v) is 12.5. The van der Waals surface area contributed by atoms with Gasteiger partial charge in [0, 0.05) is 19.3 Å². The molecule has 0 rings (SSSR count). The van der Waals surface area contributed by atoms with Gasteiger partial charge >= 0.3 is 17.9 Å². The summed E-state index contributed by atoms with van der Waals surface area (Å²) in [6, 6.07) is 0. The lowest BCUT2D eigenvalue weighted by atomic mass is 10.1. The van der Waals surface area contributed by atoms with E-state index in [2.05, 4.69) is 227 Å². The second kappa shape index (κ2) is 67.5. The average molecular weight is 1120 g/mol. The molecule has 0 aromatic rings. The lowest BCUT2D eigenvalue weighted by molar-refractivity contribution is -0.167. The van der Waals surface area contributed by atoms with Crippen LogP contribution in [0.3, 0.4) is 0 Å². The fourth-order valence-electron chi connectivity index (χ4n) is 7.81. The lowest BCUT2D eigenvalue weighted by Gasteiger charge is -2.18. The molecule has 82 heavy (non-hydrogen) atoms. The van der Waals surface area contributed by atoms with Crippen LogP contribution in [0.2, 0.25) is 0 Å². The molecule has 1 atom stereocenters. The molecule has 1 unspecified atom stereocenters. The summed E-state index contributed by atoms with van der Waals surface area (Å²) >= 11 is 0. The Morgan fingerprint density at radius 1 is 0.256 bits per heavy atom. The van der Waals surface area contributed by atoms with Gasteiger partial charge in [-0.15, -0.1) is 0 Å². The topological polar surface area (TPSA) is 78.9 Å². The van der Waals surface area contributed by atoms with Crippen molar-refractivity contribution in [3.8, 4) is 0 Å². The van der Waals surface area contributed by atoms with Crippen molar-refractivity contribution >= 4 is 17.9 Å². The normalized spacial score (nSPS) is 13.5. The Bertz CT molecular complexity index is 2020. The average Bonchev–Trinajstić information content (AvgIpc) is 3.47. The van der Waals surface area contributed by atoms with E-state index in [1.54, 1.807) is 0 Å². The fraction of sp³-hybridized carbons (Fsp3) is 0.513. The lowest BCUT2D eigenvalue weighted by Crippen LogP contribution is -2.30. The Labute approximate surface area is 502 Å². The number of carbonyl (C=O) groups excluding carboxylic acids is 3. The molecule has 0 radical (unpaired) electrons. The molecule has 0 amide bonds. The Morgan fingerprint density at radius 3 is 0.793 bits per heavy atom. The molecule has 0 spiro atoms. The molecule has 6 nitrogen and oxygen atoms in total. The molecular weight excluding hydrogens is 1010 g/mol. The maximum Gasteiger partial charge on any atom is 0.306 e. The standard InChI is InChI=1S/C76H114O6/c1-4-7-10-13-16-18-20-22-24-26-28-30-32-34-36-38-40-42-44-46-48-50-52-54-56-58-60-63-66-69-75(78)81-72-73(71-80-74(77)68-65-62-15-12-9-6-3)82-76(79)70-67-64-61-59-57-55-53-51-49-47-45-43-41-39-37-35-33-31-29-27-25-23-21-19-17-14-11-8-5-2/h7-8,10-11,16-19,22-25,28-31,34-37,40-43,46-49,52-55,58,60,73H,4-6,9,12-15,20-21,26-27,32-33,38-39,44-45,50-51,56-57,59,61-72H2,1-3H3/b10-7-,11-8-,18-16-,19-17-,24-22-,25-23-,30-28-,31-29-,36-34-,37-35-,42-40-,43-41-,48-46-,49-47-,54-52-,55-53-,60-58-. The highest BCUT2D eigenvalue weighted by atomic mass is 16.6. The minimum absolute atomic E-state index is 0.118. The highest BCUT2D eigenvalue weighted by Crippen LogP contribution is 2.12. The molecule has 0 aliphatic rings. The monoisotopic (exact) mass is 1120 g/mol. The van der Waals surface area contributed by atoms with Crippen molar-refractivity contribution in [3.63, 3.8) is 0 Å². The van der Waals surface area contributed by atoms with Gasteiger partial charge in [0.25, 0.3) is 0 Å². The van der Waals surface area contributed by atoms with E-state index in [-0.39, 0.29) is 44.0 Å². The van der Waals surface area contributed by atoms with Gasteiger partial charge in [0.1, 0.15) is 13.2 Å². The molecule has 0 saturated carbocycles. The van der Waals surface area contributed by atoms with Crippen molar-refractivity contribution in [1.82, 2.24) is 0 Å². The van der Waals surface area contributed by atoms with E-state index in [9.17, 15) is 14.4 Å². The molecule has 0 saturated heterocycles. The zero-order valence-corrected chi connectivity index (χ0v) is 51.9. The summed E-state index contributed by atoms with van der Waals surface area (Å²) in [6.07, 6.45) is 104. The number of hydrogen-bond acceptors (Lipinski definition) is 6. The molecule has 6 heteroatoms. The fourth-order valence-corrected chi connectivity index (χ4v) is 7.81. The summed E-state index contributed by atoms with van der Waals surface area (Å²) in [7, 11) is 0. The third-order valence-electron chi connectivity index (χ3n) is 12.5. The molecule has 0 fully saturated rings. The number of esters is 3. The molecule has 0 N–H and O–H groups in total. The minimum Gasteiger partial charge on any atom is -0.462 e. The molecule has 0 aliphatic heterocycles. The van der Waals surface area contributed by atoms with Crippen LogP contribution in [0.5, 0.6) is 0 Å². The Morgan fingerprint density at radius 2 is 0.488 bits per heavy atom. The number of hydrogen-bond donors (Lipinski definition) is 0. The number of ether oxygens (including phenoxy) is 3.